The van der Waals surface area contributed by atoms with Crippen molar-refractivity contribution in [3.05, 3.63) is 29.6 Å². The lowest BCUT2D eigenvalue weighted by Gasteiger charge is -2.09. The highest BCUT2D eigenvalue weighted by atomic mass is 35.5. The van der Waals surface area contributed by atoms with Crippen molar-refractivity contribution >= 4 is 22.6 Å². The van der Waals surface area contributed by atoms with E-state index in [1.54, 1.807) is 11.5 Å². The Morgan fingerprint density at radius 2 is 2.12 bits per heavy atom. The summed E-state index contributed by atoms with van der Waals surface area (Å²) in [7, 11) is 0. The standard InChI is InChI=1S/C12H11ClF2N2/c1-6(13)12-16-9-5-4-8(14)10(15)11(9)17(12)7-2-3-7/h4-7H,2-3H2,1H3. The summed E-state index contributed by atoms with van der Waals surface area (Å²) in [6, 6.07) is 2.81. The molecule has 1 aliphatic rings. The van der Waals surface area contributed by atoms with Crippen LogP contribution in [-0.4, -0.2) is 9.55 Å². The number of imidazole rings is 1. The third-order valence-corrected chi connectivity index (χ3v) is 3.23. The molecule has 1 atom stereocenters. The van der Waals surface area contributed by atoms with Crippen LogP contribution in [0.1, 0.15) is 37.0 Å². The second-order valence-corrected chi connectivity index (χ2v) is 5.07. The van der Waals surface area contributed by atoms with Gasteiger partial charge in [-0.25, -0.2) is 13.8 Å². The molecular formula is C12H11ClF2N2. The average Bonchev–Trinajstić information content (AvgIpc) is 3.04. The Morgan fingerprint density at radius 3 is 2.71 bits per heavy atom. The molecule has 0 bridgehead atoms. The van der Waals surface area contributed by atoms with Crippen LogP contribution in [0.15, 0.2) is 12.1 Å². The van der Waals surface area contributed by atoms with Crippen molar-refractivity contribution < 1.29 is 8.78 Å². The summed E-state index contributed by atoms with van der Waals surface area (Å²) in [5, 5.41) is -0.314. The molecule has 0 amide bonds. The number of rotatable bonds is 2. The van der Waals surface area contributed by atoms with Crippen molar-refractivity contribution in [2.45, 2.75) is 31.2 Å². The van der Waals surface area contributed by atoms with Crippen molar-refractivity contribution in [2.75, 3.05) is 0 Å². The zero-order valence-electron chi connectivity index (χ0n) is 9.25. The van der Waals surface area contributed by atoms with Crippen LogP contribution in [0, 0.1) is 11.6 Å². The molecular weight excluding hydrogens is 246 g/mol. The molecule has 1 aliphatic carbocycles. The van der Waals surface area contributed by atoms with Gasteiger partial charge in [0.25, 0.3) is 0 Å². The largest absolute Gasteiger partial charge is 0.321 e. The van der Waals surface area contributed by atoms with Crippen molar-refractivity contribution in [3.63, 3.8) is 0 Å². The van der Waals surface area contributed by atoms with Crippen molar-refractivity contribution in [1.29, 1.82) is 0 Å². The second-order valence-electron chi connectivity index (χ2n) is 4.42. The fourth-order valence-electron chi connectivity index (χ4n) is 2.12. The molecule has 17 heavy (non-hydrogen) atoms. The number of nitrogens with zero attached hydrogens (tertiary/aromatic N) is 2. The third-order valence-electron chi connectivity index (χ3n) is 3.04. The van der Waals surface area contributed by atoms with Crippen LogP contribution in [0.5, 0.6) is 0 Å². The molecule has 2 aromatic rings. The number of hydrogen-bond acceptors (Lipinski definition) is 1. The minimum Gasteiger partial charge on any atom is -0.321 e. The number of halogens is 3. The van der Waals surface area contributed by atoms with Crippen LogP contribution in [0.4, 0.5) is 8.78 Å². The predicted molar refractivity (Wildman–Crippen MR) is 62.2 cm³/mol. The zero-order chi connectivity index (χ0) is 12.2. The summed E-state index contributed by atoms with van der Waals surface area (Å²) in [6.45, 7) is 1.79. The highest BCUT2D eigenvalue weighted by molar-refractivity contribution is 6.20. The smallest absolute Gasteiger partial charge is 0.184 e. The molecule has 0 saturated heterocycles. The molecule has 1 saturated carbocycles. The molecule has 1 heterocycles. The van der Waals surface area contributed by atoms with E-state index in [1.165, 1.54) is 6.07 Å². The Hall–Kier alpha value is -1.16. The first kappa shape index (κ1) is 11.0. The van der Waals surface area contributed by atoms with E-state index in [9.17, 15) is 8.78 Å². The second kappa shape index (κ2) is 3.67. The maximum absolute atomic E-state index is 13.8. The van der Waals surface area contributed by atoms with Crippen molar-refractivity contribution in [3.8, 4) is 0 Å². The molecule has 3 rings (SSSR count). The van der Waals surface area contributed by atoms with E-state index >= 15 is 0 Å². The molecule has 2 nitrogen and oxygen atoms in total. The lowest BCUT2D eigenvalue weighted by Crippen LogP contribution is -2.03. The van der Waals surface area contributed by atoms with E-state index in [4.69, 9.17) is 11.6 Å². The Bertz CT molecular complexity index is 588. The minimum absolute atomic E-state index is 0.215. The number of fused-ring (bicyclic) bond motifs is 1. The summed E-state index contributed by atoms with van der Waals surface area (Å²) >= 11 is 6.04. The molecule has 0 aliphatic heterocycles. The van der Waals surface area contributed by atoms with Gasteiger partial charge in [-0.3, -0.25) is 0 Å². The van der Waals surface area contributed by atoms with Gasteiger partial charge >= 0.3 is 0 Å². The Kier molecular flexibility index (Phi) is 2.36. The maximum Gasteiger partial charge on any atom is 0.184 e. The van der Waals surface area contributed by atoms with E-state index in [2.05, 4.69) is 4.98 Å². The van der Waals surface area contributed by atoms with E-state index in [-0.39, 0.29) is 16.9 Å². The first-order chi connectivity index (χ1) is 8.09. The molecule has 0 radical (unpaired) electrons. The van der Waals surface area contributed by atoms with E-state index in [0.717, 1.165) is 18.9 Å². The Labute approximate surface area is 102 Å². The SMILES string of the molecule is CC(Cl)c1nc2ccc(F)c(F)c2n1C1CC1. The quantitative estimate of drug-likeness (QED) is 0.744. The van der Waals surface area contributed by atoms with Gasteiger partial charge < -0.3 is 4.57 Å². The van der Waals surface area contributed by atoms with Gasteiger partial charge in [0.15, 0.2) is 11.6 Å². The Balaban J connectivity index is 2.36. The van der Waals surface area contributed by atoms with E-state index < -0.39 is 11.6 Å². The summed E-state index contributed by atoms with van der Waals surface area (Å²) < 4.78 is 28.9. The van der Waals surface area contributed by atoms with E-state index in [1.807, 2.05) is 0 Å². The molecule has 1 fully saturated rings. The molecule has 5 heteroatoms. The molecule has 0 spiro atoms. The average molecular weight is 257 g/mol. The highest BCUT2D eigenvalue weighted by Crippen LogP contribution is 2.41. The molecule has 1 aromatic heterocycles. The van der Waals surface area contributed by atoms with Crippen LogP contribution < -0.4 is 0 Å². The predicted octanol–water partition coefficient (Wildman–Crippen LogP) is 3.95. The fourth-order valence-corrected chi connectivity index (χ4v) is 2.28. The van der Waals surface area contributed by atoms with Crippen molar-refractivity contribution in [1.82, 2.24) is 9.55 Å². The molecule has 0 N–H and O–H groups in total. The number of hydrogen-bond donors (Lipinski definition) is 0. The topological polar surface area (TPSA) is 17.8 Å². The lowest BCUT2D eigenvalue weighted by molar-refractivity contribution is 0.510. The normalized spacial score (nSPS) is 17.6. The summed E-state index contributed by atoms with van der Waals surface area (Å²) in [4.78, 5) is 4.30. The maximum atomic E-state index is 13.8. The first-order valence-corrected chi connectivity index (χ1v) is 6.03. The molecule has 1 aromatic carbocycles. The van der Waals surface area contributed by atoms with Crippen LogP contribution >= 0.6 is 11.6 Å². The zero-order valence-corrected chi connectivity index (χ0v) is 10.0. The third kappa shape index (κ3) is 1.62. The van der Waals surface area contributed by atoms with Gasteiger partial charge in [0.2, 0.25) is 0 Å². The van der Waals surface area contributed by atoms with Gasteiger partial charge in [0, 0.05) is 6.04 Å². The molecule has 90 valence electrons. The minimum atomic E-state index is -0.840. The highest BCUT2D eigenvalue weighted by Gasteiger charge is 2.31. The Morgan fingerprint density at radius 1 is 1.41 bits per heavy atom. The molecule has 1 unspecified atom stereocenters. The van der Waals surface area contributed by atoms with Gasteiger partial charge in [-0.1, -0.05) is 0 Å². The van der Waals surface area contributed by atoms with Crippen molar-refractivity contribution in [2.24, 2.45) is 0 Å². The first-order valence-electron chi connectivity index (χ1n) is 5.59. The monoisotopic (exact) mass is 256 g/mol. The summed E-state index contributed by atoms with van der Waals surface area (Å²) in [6.07, 6.45) is 1.94. The van der Waals surface area contributed by atoms with Gasteiger partial charge in [-0.15, -0.1) is 11.6 Å². The number of aromatic nitrogens is 2. The van der Waals surface area contributed by atoms with Gasteiger partial charge in [0.05, 0.1) is 10.9 Å². The number of benzene rings is 1. The lowest BCUT2D eigenvalue weighted by atomic mass is 10.3. The van der Waals surface area contributed by atoms with Gasteiger partial charge in [0.1, 0.15) is 11.3 Å². The number of alkyl halides is 1. The van der Waals surface area contributed by atoms with Crippen LogP contribution in [0.25, 0.3) is 11.0 Å². The van der Waals surface area contributed by atoms with Crippen LogP contribution in [-0.2, 0) is 0 Å². The summed E-state index contributed by atoms with van der Waals surface area (Å²) in [5.41, 5.74) is 0.716. The van der Waals surface area contributed by atoms with Crippen LogP contribution in [0.2, 0.25) is 0 Å². The fraction of sp³-hybridized carbons (Fsp3) is 0.417. The van der Waals surface area contributed by atoms with Gasteiger partial charge in [-0.05, 0) is 31.9 Å². The van der Waals surface area contributed by atoms with Crippen LogP contribution in [0.3, 0.4) is 0 Å². The van der Waals surface area contributed by atoms with Gasteiger partial charge in [-0.2, -0.15) is 0 Å². The summed E-state index contributed by atoms with van der Waals surface area (Å²) in [5.74, 6) is -1.05. The van der Waals surface area contributed by atoms with E-state index in [0.29, 0.717) is 11.3 Å².